The standard InChI is InChI=1S/C18H23Cl2NO3/c1-4-6-8-24-17-11-9-13(19)14(20)10-12(11)18(23)21(3)16(17)15(22)7-5-2/h9-10,15,22H,4-8H2,1-3H3. The van der Waals surface area contributed by atoms with Crippen molar-refractivity contribution in [2.75, 3.05) is 6.61 Å². The van der Waals surface area contributed by atoms with E-state index >= 15 is 0 Å². The number of aliphatic hydroxyl groups is 1. The molecule has 0 fully saturated rings. The van der Waals surface area contributed by atoms with Crippen LogP contribution < -0.4 is 10.3 Å². The first-order valence-corrected chi connectivity index (χ1v) is 9.00. The van der Waals surface area contributed by atoms with Crippen molar-refractivity contribution in [1.29, 1.82) is 0 Å². The van der Waals surface area contributed by atoms with E-state index in [0.29, 0.717) is 45.3 Å². The second-order valence-corrected chi connectivity index (χ2v) is 6.71. The number of halogens is 2. The maximum atomic E-state index is 12.7. The second kappa shape index (κ2) is 8.24. The Labute approximate surface area is 152 Å². The van der Waals surface area contributed by atoms with Gasteiger partial charge >= 0.3 is 0 Å². The molecule has 0 radical (unpaired) electrons. The summed E-state index contributed by atoms with van der Waals surface area (Å²) in [6, 6.07) is 3.20. The van der Waals surface area contributed by atoms with Gasteiger partial charge in [-0.15, -0.1) is 0 Å². The molecule has 1 heterocycles. The smallest absolute Gasteiger partial charge is 0.258 e. The van der Waals surface area contributed by atoms with Crippen LogP contribution >= 0.6 is 23.2 Å². The summed E-state index contributed by atoms with van der Waals surface area (Å²) in [5.41, 5.74) is 0.264. The van der Waals surface area contributed by atoms with Gasteiger partial charge in [0, 0.05) is 12.4 Å². The van der Waals surface area contributed by atoms with Crippen molar-refractivity contribution in [2.24, 2.45) is 7.05 Å². The van der Waals surface area contributed by atoms with E-state index in [-0.39, 0.29) is 5.56 Å². The number of fused-ring (bicyclic) bond motifs is 1. The number of pyridine rings is 1. The van der Waals surface area contributed by atoms with Crippen LogP contribution in [0.15, 0.2) is 16.9 Å². The number of hydrogen-bond acceptors (Lipinski definition) is 3. The number of rotatable bonds is 7. The zero-order chi connectivity index (χ0) is 17.9. The topological polar surface area (TPSA) is 51.5 Å². The molecule has 0 spiro atoms. The van der Waals surface area contributed by atoms with Crippen LogP contribution in [0.3, 0.4) is 0 Å². The zero-order valence-electron chi connectivity index (χ0n) is 14.2. The van der Waals surface area contributed by atoms with Gasteiger partial charge in [0.05, 0.1) is 33.8 Å². The summed E-state index contributed by atoms with van der Waals surface area (Å²) in [6.07, 6.45) is 2.44. The van der Waals surface area contributed by atoms with Crippen molar-refractivity contribution in [2.45, 2.75) is 45.6 Å². The number of nitrogens with zero attached hydrogens (tertiary/aromatic N) is 1. The van der Waals surface area contributed by atoms with Gasteiger partial charge in [0.15, 0.2) is 0 Å². The number of ether oxygens (including phenoxy) is 1. The minimum Gasteiger partial charge on any atom is -0.491 e. The van der Waals surface area contributed by atoms with Crippen LogP contribution in [0.25, 0.3) is 10.8 Å². The minimum atomic E-state index is -0.775. The van der Waals surface area contributed by atoms with Gasteiger partial charge in [0.2, 0.25) is 0 Å². The Morgan fingerprint density at radius 1 is 1.17 bits per heavy atom. The molecule has 1 unspecified atom stereocenters. The van der Waals surface area contributed by atoms with Crippen molar-refractivity contribution in [3.63, 3.8) is 0 Å². The van der Waals surface area contributed by atoms with Crippen LogP contribution in [-0.2, 0) is 7.05 Å². The molecule has 2 aromatic rings. The van der Waals surface area contributed by atoms with Crippen molar-refractivity contribution in [3.8, 4) is 5.75 Å². The molecule has 24 heavy (non-hydrogen) atoms. The molecule has 4 nitrogen and oxygen atoms in total. The Morgan fingerprint density at radius 3 is 2.38 bits per heavy atom. The van der Waals surface area contributed by atoms with Crippen LogP contribution in [0.2, 0.25) is 10.0 Å². The average molecular weight is 372 g/mol. The highest BCUT2D eigenvalue weighted by molar-refractivity contribution is 6.42. The van der Waals surface area contributed by atoms with Crippen LogP contribution in [0.5, 0.6) is 5.75 Å². The third-order valence-corrected chi connectivity index (χ3v) is 4.78. The summed E-state index contributed by atoms with van der Waals surface area (Å²) in [5, 5.41) is 12.3. The second-order valence-electron chi connectivity index (χ2n) is 5.90. The fraction of sp³-hybridized carbons (Fsp3) is 0.500. The summed E-state index contributed by atoms with van der Waals surface area (Å²) in [5.74, 6) is 0.514. The molecule has 1 aromatic heterocycles. The Kier molecular flexibility index (Phi) is 6.55. The average Bonchev–Trinajstić information content (AvgIpc) is 2.54. The lowest BCUT2D eigenvalue weighted by atomic mass is 10.0. The normalized spacial score (nSPS) is 12.6. The highest BCUT2D eigenvalue weighted by Gasteiger charge is 2.22. The number of hydrogen-bond donors (Lipinski definition) is 1. The molecule has 2 rings (SSSR count). The number of aliphatic hydroxyl groups excluding tert-OH is 1. The molecule has 0 bridgehead atoms. The van der Waals surface area contributed by atoms with Crippen molar-refractivity contribution in [3.05, 3.63) is 38.2 Å². The third-order valence-electron chi connectivity index (χ3n) is 4.06. The number of unbranched alkanes of at least 4 members (excludes halogenated alkanes) is 1. The molecular weight excluding hydrogens is 349 g/mol. The number of benzene rings is 1. The fourth-order valence-corrected chi connectivity index (χ4v) is 3.07. The summed E-state index contributed by atoms with van der Waals surface area (Å²) in [6.45, 7) is 4.57. The molecule has 0 amide bonds. The molecule has 0 saturated heterocycles. The molecule has 0 saturated carbocycles. The quantitative estimate of drug-likeness (QED) is 0.707. The maximum Gasteiger partial charge on any atom is 0.258 e. The van der Waals surface area contributed by atoms with Gasteiger partial charge in [0.1, 0.15) is 5.75 Å². The van der Waals surface area contributed by atoms with E-state index in [9.17, 15) is 9.90 Å². The summed E-state index contributed by atoms with van der Waals surface area (Å²) in [4.78, 5) is 12.7. The highest BCUT2D eigenvalue weighted by atomic mass is 35.5. The lowest BCUT2D eigenvalue weighted by molar-refractivity contribution is 0.150. The molecular formula is C18H23Cl2NO3. The third kappa shape index (κ3) is 3.71. The van der Waals surface area contributed by atoms with Gasteiger partial charge in [0.25, 0.3) is 5.56 Å². The Morgan fingerprint density at radius 2 is 1.79 bits per heavy atom. The highest BCUT2D eigenvalue weighted by Crippen LogP contribution is 2.37. The lowest BCUT2D eigenvalue weighted by Crippen LogP contribution is -2.24. The van der Waals surface area contributed by atoms with Gasteiger partial charge in [-0.1, -0.05) is 49.9 Å². The van der Waals surface area contributed by atoms with E-state index in [4.69, 9.17) is 27.9 Å². The largest absolute Gasteiger partial charge is 0.491 e. The predicted octanol–water partition coefficient (Wildman–Crippen LogP) is 4.86. The van der Waals surface area contributed by atoms with Gasteiger partial charge in [-0.05, 0) is 25.0 Å². The molecule has 1 atom stereocenters. The van der Waals surface area contributed by atoms with E-state index in [0.717, 1.165) is 19.3 Å². The predicted molar refractivity (Wildman–Crippen MR) is 99.5 cm³/mol. The molecule has 6 heteroatoms. The maximum absolute atomic E-state index is 12.7. The Hall–Kier alpha value is -1.23. The number of aromatic nitrogens is 1. The Balaban J connectivity index is 2.76. The summed E-state index contributed by atoms with van der Waals surface area (Å²) < 4.78 is 7.42. The minimum absolute atomic E-state index is 0.225. The van der Waals surface area contributed by atoms with Crippen LogP contribution in [0.4, 0.5) is 0 Å². The first kappa shape index (κ1) is 19.1. The van der Waals surface area contributed by atoms with E-state index in [1.165, 1.54) is 4.57 Å². The van der Waals surface area contributed by atoms with Crippen molar-refractivity contribution < 1.29 is 9.84 Å². The molecule has 0 aliphatic heterocycles. The van der Waals surface area contributed by atoms with Crippen LogP contribution in [0, 0.1) is 0 Å². The van der Waals surface area contributed by atoms with Gasteiger partial charge < -0.3 is 14.4 Å². The molecule has 1 aromatic carbocycles. The van der Waals surface area contributed by atoms with Gasteiger partial charge in [-0.3, -0.25) is 4.79 Å². The molecule has 1 N–H and O–H groups in total. The van der Waals surface area contributed by atoms with E-state index in [1.807, 2.05) is 6.92 Å². The van der Waals surface area contributed by atoms with Gasteiger partial charge in [-0.25, -0.2) is 0 Å². The SMILES string of the molecule is CCCCOc1c(C(O)CCC)n(C)c(=O)c2cc(Cl)c(Cl)cc12. The fourth-order valence-electron chi connectivity index (χ4n) is 2.75. The lowest BCUT2D eigenvalue weighted by Gasteiger charge is -2.21. The van der Waals surface area contributed by atoms with Crippen molar-refractivity contribution in [1.82, 2.24) is 4.57 Å². The van der Waals surface area contributed by atoms with E-state index in [2.05, 4.69) is 6.92 Å². The first-order valence-electron chi connectivity index (χ1n) is 8.24. The Bertz CT molecular complexity index is 786. The summed E-state index contributed by atoms with van der Waals surface area (Å²) >= 11 is 12.2. The van der Waals surface area contributed by atoms with E-state index < -0.39 is 6.10 Å². The van der Waals surface area contributed by atoms with Crippen LogP contribution in [-0.4, -0.2) is 16.3 Å². The van der Waals surface area contributed by atoms with E-state index in [1.54, 1.807) is 19.2 Å². The van der Waals surface area contributed by atoms with Crippen molar-refractivity contribution >= 4 is 34.0 Å². The first-order chi connectivity index (χ1) is 11.4. The molecule has 0 aliphatic rings. The van der Waals surface area contributed by atoms with Gasteiger partial charge in [-0.2, -0.15) is 0 Å². The zero-order valence-corrected chi connectivity index (χ0v) is 15.7. The molecule has 0 aliphatic carbocycles. The monoisotopic (exact) mass is 371 g/mol. The van der Waals surface area contributed by atoms with Crippen LogP contribution in [0.1, 0.15) is 51.3 Å². The molecule has 132 valence electrons. The summed E-state index contributed by atoms with van der Waals surface area (Å²) in [7, 11) is 1.64.